The van der Waals surface area contributed by atoms with Gasteiger partial charge in [0.05, 0.1) is 6.54 Å². The van der Waals surface area contributed by atoms with Gasteiger partial charge in [0, 0.05) is 0 Å². The number of carbonyl (C=O) groups is 1. The van der Waals surface area contributed by atoms with Gasteiger partial charge in [-0.25, -0.2) is 0 Å². The lowest BCUT2D eigenvalue weighted by molar-refractivity contribution is -0.118. The van der Waals surface area contributed by atoms with E-state index in [-0.39, 0.29) is 5.91 Å². The number of rotatable bonds is 15. The smallest absolute Gasteiger partial charge is 0.231 e. The van der Waals surface area contributed by atoms with E-state index in [1.165, 1.54) is 77.0 Å². The third-order valence-corrected chi connectivity index (χ3v) is 3.82. The highest BCUT2D eigenvalue weighted by molar-refractivity contribution is 5.75. The lowest BCUT2D eigenvalue weighted by atomic mass is 10.1. The van der Waals surface area contributed by atoms with Crippen LogP contribution in [0.15, 0.2) is 0 Å². The lowest BCUT2D eigenvalue weighted by Gasteiger charge is -2.13. The predicted octanol–water partition coefficient (Wildman–Crippen LogP) is 4.10. The molecule has 0 heterocycles. The van der Waals surface area contributed by atoms with Crippen LogP contribution in [0.4, 0.5) is 0 Å². The minimum atomic E-state index is -0.230. The molecule has 2 N–H and O–H groups in total. The highest BCUT2D eigenvalue weighted by Crippen LogP contribution is 2.11. The van der Waals surface area contributed by atoms with Gasteiger partial charge in [-0.2, -0.15) is 0 Å². The monoisotopic (exact) mass is 284 g/mol. The zero-order chi connectivity index (χ0) is 15.1. The number of hydrogen-bond acceptors (Lipinski definition) is 2. The molecule has 120 valence electrons. The van der Waals surface area contributed by atoms with Crippen molar-refractivity contribution in [1.82, 2.24) is 4.90 Å². The summed E-state index contributed by atoms with van der Waals surface area (Å²) in [5.74, 6) is -0.230. The highest BCUT2D eigenvalue weighted by Gasteiger charge is 2.01. The Hall–Kier alpha value is -0.570. The van der Waals surface area contributed by atoms with Gasteiger partial charge in [0.2, 0.25) is 5.91 Å². The maximum absolute atomic E-state index is 10.7. The molecule has 20 heavy (non-hydrogen) atoms. The first-order valence-electron chi connectivity index (χ1n) is 8.63. The Morgan fingerprint density at radius 2 is 1.20 bits per heavy atom. The number of nitrogens with two attached hydrogens (primary N) is 1. The van der Waals surface area contributed by atoms with Crippen LogP contribution in [0.1, 0.15) is 84.0 Å². The Kier molecular flexibility index (Phi) is 14.4. The minimum absolute atomic E-state index is 0.230. The SMILES string of the molecule is CCCCCCCCCCCCCCN(C)CC(N)=O. The van der Waals surface area contributed by atoms with Crippen LogP contribution in [-0.2, 0) is 4.79 Å². The predicted molar refractivity (Wildman–Crippen MR) is 87.8 cm³/mol. The van der Waals surface area contributed by atoms with Crippen molar-refractivity contribution >= 4 is 5.91 Å². The van der Waals surface area contributed by atoms with E-state index >= 15 is 0 Å². The molecule has 0 bridgehead atoms. The molecule has 0 spiro atoms. The van der Waals surface area contributed by atoms with E-state index in [9.17, 15) is 4.79 Å². The van der Waals surface area contributed by atoms with Crippen molar-refractivity contribution in [2.75, 3.05) is 20.1 Å². The summed E-state index contributed by atoms with van der Waals surface area (Å²) in [5, 5.41) is 0. The number of carbonyl (C=O) groups excluding carboxylic acids is 1. The molecule has 0 aromatic carbocycles. The first-order chi connectivity index (χ1) is 9.66. The maximum atomic E-state index is 10.7. The molecule has 0 rings (SSSR count). The molecule has 0 fully saturated rings. The standard InChI is InChI=1S/C17H36N2O/c1-3-4-5-6-7-8-9-10-11-12-13-14-15-19(2)16-17(18)20/h3-16H2,1-2H3,(H2,18,20). The summed E-state index contributed by atoms with van der Waals surface area (Å²) in [5.41, 5.74) is 5.15. The Labute approximate surface area is 126 Å². The number of primary amides is 1. The van der Waals surface area contributed by atoms with Gasteiger partial charge in [-0.3, -0.25) is 9.69 Å². The molecule has 0 atom stereocenters. The van der Waals surface area contributed by atoms with Gasteiger partial charge in [0.1, 0.15) is 0 Å². The van der Waals surface area contributed by atoms with E-state index in [2.05, 4.69) is 6.92 Å². The molecule has 1 amide bonds. The average Bonchev–Trinajstić information content (AvgIpc) is 2.39. The largest absolute Gasteiger partial charge is 0.369 e. The summed E-state index contributed by atoms with van der Waals surface area (Å²) in [7, 11) is 1.96. The minimum Gasteiger partial charge on any atom is -0.369 e. The first-order valence-corrected chi connectivity index (χ1v) is 8.63. The number of amides is 1. The van der Waals surface area contributed by atoms with Crippen LogP contribution in [0.2, 0.25) is 0 Å². The fourth-order valence-electron chi connectivity index (χ4n) is 2.57. The van der Waals surface area contributed by atoms with Crippen molar-refractivity contribution in [3.8, 4) is 0 Å². The van der Waals surface area contributed by atoms with Crippen LogP contribution in [0, 0.1) is 0 Å². The molecule has 0 aromatic heterocycles. The summed E-state index contributed by atoms with van der Waals surface area (Å²) < 4.78 is 0. The van der Waals surface area contributed by atoms with Gasteiger partial charge in [0.15, 0.2) is 0 Å². The van der Waals surface area contributed by atoms with Crippen molar-refractivity contribution < 1.29 is 4.79 Å². The van der Waals surface area contributed by atoms with Crippen molar-refractivity contribution in [3.63, 3.8) is 0 Å². The van der Waals surface area contributed by atoms with E-state index in [0.29, 0.717) is 6.54 Å². The van der Waals surface area contributed by atoms with Gasteiger partial charge in [-0.1, -0.05) is 77.6 Å². The maximum Gasteiger partial charge on any atom is 0.231 e. The van der Waals surface area contributed by atoms with Gasteiger partial charge in [-0.15, -0.1) is 0 Å². The molecule has 3 nitrogen and oxygen atoms in total. The normalized spacial score (nSPS) is 11.2. The average molecular weight is 284 g/mol. The Balaban J connectivity index is 3.08. The lowest BCUT2D eigenvalue weighted by Crippen LogP contribution is -2.31. The number of unbranched alkanes of at least 4 members (excludes halogenated alkanes) is 11. The summed E-state index contributed by atoms with van der Waals surface area (Å²) in [4.78, 5) is 12.7. The van der Waals surface area contributed by atoms with E-state index < -0.39 is 0 Å². The Morgan fingerprint density at radius 3 is 1.60 bits per heavy atom. The second-order valence-corrected chi connectivity index (χ2v) is 6.09. The van der Waals surface area contributed by atoms with Gasteiger partial charge >= 0.3 is 0 Å². The number of nitrogens with zero attached hydrogens (tertiary/aromatic N) is 1. The fourth-order valence-corrected chi connectivity index (χ4v) is 2.57. The number of likely N-dealkylation sites (N-methyl/N-ethyl adjacent to an activating group) is 1. The van der Waals surface area contributed by atoms with Gasteiger partial charge < -0.3 is 5.73 Å². The van der Waals surface area contributed by atoms with Crippen molar-refractivity contribution in [3.05, 3.63) is 0 Å². The molecule has 0 saturated heterocycles. The van der Waals surface area contributed by atoms with Crippen molar-refractivity contribution in [2.45, 2.75) is 84.0 Å². The van der Waals surface area contributed by atoms with E-state index in [4.69, 9.17) is 5.73 Å². The summed E-state index contributed by atoms with van der Waals surface area (Å²) in [6.07, 6.45) is 16.4. The summed E-state index contributed by atoms with van der Waals surface area (Å²) >= 11 is 0. The quantitative estimate of drug-likeness (QED) is 0.460. The zero-order valence-corrected chi connectivity index (χ0v) is 13.8. The second kappa shape index (κ2) is 14.8. The third kappa shape index (κ3) is 15.5. The molecule has 0 aromatic rings. The van der Waals surface area contributed by atoms with Crippen LogP contribution in [0.3, 0.4) is 0 Å². The van der Waals surface area contributed by atoms with Crippen molar-refractivity contribution in [2.24, 2.45) is 5.73 Å². The van der Waals surface area contributed by atoms with E-state index in [1.54, 1.807) is 0 Å². The molecule has 0 radical (unpaired) electrons. The van der Waals surface area contributed by atoms with Crippen LogP contribution < -0.4 is 5.73 Å². The second-order valence-electron chi connectivity index (χ2n) is 6.09. The van der Waals surface area contributed by atoms with E-state index in [1.807, 2.05) is 11.9 Å². The van der Waals surface area contributed by atoms with Crippen LogP contribution in [0.25, 0.3) is 0 Å². The highest BCUT2D eigenvalue weighted by atomic mass is 16.1. The topological polar surface area (TPSA) is 46.3 Å². The molecule has 0 saturated carbocycles. The zero-order valence-electron chi connectivity index (χ0n) is 13.8. The fraction of sp³-hybridized carbons (Fsp3) is 0.941. The first kappa shape index (κ1) is 19.4. The molecule has 0 unspecified atom stereocenters. The molecule has 3 heteroatoms. The molecular formula is C17H36N2O. The molecule has 0 aliphatic rings. The van der Waals surface area contributed by atoms with Crippen LogP contribution >= 0.6 is 0 Å². The Morgan fingerprint density at radius 1 is 0.800 bits per heavy atom. The Bertz CT molecular complexity index is 219. The summed E-state index contributed by atoms with van der Waals surface area (Å²) in [6.45, 7) is 3.64. The van der Waals surface area contributed by atoms with E-state index in [0.717, 1.165) is 6.54 Å². The molecule has 0 aliphatic carbocycles. The van der Waals surface area contributed by atoms with Gasteiger partial charge in [-0.05, 0) is 20.0 Å². The third-order valence-electron chi connectivity index (χ3n) is 3.82. The van der Waals surface area contributed by atoms with Gasteiger partial charge in [0.25, 0.3) is 0 Å². The van der Waals surface area contributed by atoms with Crippen molar-refractivity contribution in [1.29, 1.82) is 0 Å². The van der Waals surface area contributed by atoms with Crippen LogP contribution in [-0.4, -0.2) is 30.9 Å². The molecule has 0 aliphatic heterocycles. The number of hydrogen-bond donors (Lipinski definition) is 1. The van der Waals surface area contributed by atoms with Crippen LogP contribution in [0.5, 0.6) is 0 Å². The summed E-state index contributed by atoms with van der Waals surface area (Å²) in [6, 6.07) is 0. The molecular weight excluding hydrogens is 248 g/mol.